The third-order valence-electron chi connectivity index (χ3n) is 4.53. The lowest BCUT2D eigenvalue weighted by Gasteiger charge is -2.25. The molecule has 0 aliphatic carbocycles. The van der Waals surface area contributed by atoms with Gasteiger partial charge in [-0.2, -0.15) is 0 Å². The van der Waals surface area contributed by atoms with Crippen molar-refractivity contribution in [1.29, 1.82) is 0 Å². The number of amides is 1. The topological polar surface area (TPSA) is 68.3 Å². The summed E-state index contributed by atoms with van der Waals surface area (Å²) in [5.41, 5.74) is 1.78. The molecule has 0 fully saturated rings. The monoisotopic (exact) mass is 349 g/mol. The van der Waals surface area contributed by atoms with Gasteiger partial charge in [-0.15, -0.1) is 0 Å². The zero-order chi connectivity index (χ0) is 17.9. The van der Waals surface area contributed by atoms with Gasteiger partial charge in [0.15, 0.2) is 5.89 Å². The van der Waals surface area contributed by atoms with Crippen LogP contribution in [0, 0.1) is 0 Å². The number of hydrogen-bond donors (Lipinski definition) is 0. The Balaban J connectivity index is 1.45. The molecule has 6 nitrogen and oxygen atoms in total. The predicted molar refractivity (Wildman–Crippen MR) is 95.6 cm³/mol. The first kappa shape index (κ1) is 16.3. The van der Waals surface area contributed by atoms with Gasteiger partial charge in [0.2, 0.25) is 5.91 Å². The number of oxazole rings is 1. The van der Waals surface area contributed by atoms with Crippen LogP contribution in [0.5, 0.6) is 0 Å². The molecule has 3 aromatic rings. The van der Waals surface area contributed by atoms with Gasteiger partial charge in [-0.1, -0.05) is 36.4 Å². The van der Waals surface area contributed by atoms with Gasteiger partial charge in [0, 0.05) is 31.6 Å². The van der Waals surface area contributed by atoms with Gasteiger partial charge in [0.1, 0.15) is 18.0 Å². The van der Waals surface area contributed by atoms with E-state index in [2.05, 4.69) is 4.98 Å². The first-order valence-electron chi connectivity index (χ1n) is 8.63. The van der Waals surface area contributed by atoms with E-state index in [1.165, 1.54) is 10.6 Å². The fraction of sp³-hybridized carbons (Fsp3) is 0.250. The molecule has 1 aromatic carbocycles. The van der Waals surface area contributed by atoms with Crippen LogP contribution in [0.3, 0.4) is 0 Å². The van der Waals surface area contributed by atoms with Gasteiger partial charge in [0.05, 0.1) is 6.54 Å². The molecule has 0 bridgehead atoms. The molecule has 0 N–H and O–H groups in total. The fourth-order valence-corrected chi connectivity index (χ4v) is 3.15. The number of carbonyl (C=O) groups excluding carboxylic acids is 1. The Bertz CT molecular complexity index is 975. The number of nitrogens with zero attached hydrogens (tertiary/aromatic N) is 3. The van der Waals surface area contributed by atoms with Crippen molar-refractivity contribution in [2.75, 3.05) is 6.54 Å². The van der Waals surface area contributed by atoms with E-state index in [9.17, 15) is 9.59 Å². The molecule has 0 unspecified atom stereocenters. The Kier molecular flexibility index (Phi) is 4.39. The van der Waals surface area contributed by atoms with Gasteiger partial charge in [-0.05, 0) is 11.6 Å². The Morgan fingerprint density at radius 1 is 1.12 bits per heavy atom. The summed E-state index contributed by atoms with van der Waals surface area (Å²) in [4.78, 5) is 30.6. The van der Waals surface area contributed by atoms with E-state index in [0.29, 0.717) is 31.8 Å². The van der Waals surface area contributed by atoms with Crippen molar-refractivity contribution in [1.82, 2.24) is 14.5 Å². The third-order valence-corrected chi connectivity index (χ3v) is 4.53. The van der Waals surface area contributed by atoms with Gasteiger partial charge < -0.3 is 13.9 Å². The number of aromatic nitrogens is 2. The zero-order valence-corrected chi connectivity index (χ0v) is 14.3. The Hall–Kier alpha value is -3.15. The lowest BCUT2D eigenvalue weighted by Crippen LogP contribution is -2.39. The molecule has 1 aliphatic heterocycles. The summed E-state index contributed by atoms with van der Waals surface area (Å²) in [5.74, 6) is 1.45. The second kappa shape index (κ2) is 7.00. The maximum Gasteiger partial charge on any atom is 0.250 e. The van der Waals surface area contributed by atoms with Crippen molar-refractivity contribution < 1.29 is 9.21 Å². The normalized spacial score (nSPS) is 13.5. The van der Waals surface area contributed by atoms with Crippen LogP contribution in [-0.2, 0) is 30.7 Å². The molecule has 1 amide bonds. The molecule has 0 atom stereocenters. The van der Waals surface area contributed by atoms with Gasteiger partial charge in [-0.3, -0.25) is 9.59 Å². The smallest absolute Gasteiger partial charge is 0.250 e. The molecule has 0 radical (unpaired) electrons. The summed E-state index contributed by atoms with van der Waals surface area (Å²) in [6.07, 6.45) is 2.91. The van der Waals surface area contributed by atoms with Crippen LogP contribution in [0.4, 0.5) is 0 Å². The molecule has 4 rings (SSSR count). The highest BCUT2D eigenvalue weighted by Gasteiger charge is 2.25. The van der Waals surface area contributed by atoms with Crippen molar-refractivity contribution in [3.63, 3.8) is 0 Å². The Morgan fingerprint density at radius 2 is 1.92 bits per heavy atom. The van der Waals surface area contributed by atoms with Crippen LogP contribution in [0.2, 0.25) is 0 Å². The second-order valence-electron chi connectivity index (χ2n) is 6.37. The lowest BCUT2D eigenvalue weighted by molar-refractivity contribution is -0.132. The Morgan fingerprint density at radius 3 is 2.73 bits per heavy atom. The minimum Gasteiger partial charge on any atom is -0.445 e. The van der Waals surface area contributed by atoms with E-state index in [4.69, 9.17) is 4.42 Å². The number of hydrogen-bond acceptors (Lipinski definition) is 4. The molecule has 132 valence electrons. The van der Waals surface area contributed by atoms with Crippen LogP contribution >= 0.6 is 0 Å². The summed E-state index contributed by atoms with van der Waals surface area (Å²) in [7, 11) is 0. The molecule has 0 saturated heterocycles. The first-order chi connectivity index (χ1) is 12.7. The van der Waals surface area contributed by atoms with Crippen molar-refractivity contribution in [2.24, 2.45) is 0 Å². The number of carbonyl (C=O) groups is 1. The summed E-state index contributed by atoms with van der Waals surface area (Å²) >= 11 is 0. The minimum absolute atomic E-state index is 0.0454. The van der Waals surface area contributed by atoms with Gasteiger partial charge in [0.25, 0.3) is 5.56 Å². The summed E-state index contributed by atoms with van der Waals surface area (Å²) in [6, 6.07) is 14.9. The van der Waals surface area contributed by atoms with Crippen LogP contribution in [-0.4, -0.2) is 26.9 Å². The quantitative estimate of drug-likeness (QED) is 0.723. The standard InChI is InChI=1S/C20H19N3O3/c24-19-8-4-5-10-22(19)14-20(25)23-11-9-17-16(13-23)21-18(26-17)12-15-6-2-1-3-7-15/h1-8,10H,9,11-14H2. The van der Waals surface area contributed by atoms with Crippen LogP contribution in [0.1, 0.15) is 22.9 Å². The lowest BCUT2D eigenvalue weighted by atomic mass is 10.1. The highest BCUT2D eigenvalue weighted by atomic mass is 16.4. The van der Waals surface area contributed by atoms with Gasteiger partial charge in [-0.25, -0.2) is 4.98 Å². The number of fused-ring (bicyclic) bond motifs is 1. The van der Waals surface area contributed by atoms with Crippen molar-refractivity contribution >= 4 is 5.91 Å². The molecule has 0 saturated carbocycles. The largest absolute Gasteiger partial charge is 0.445 e. The summed E-state index contributed by atoms with van der Waals surface area (Å²) < 4.78 is 7.29. The molecule has 1 aliphatic rings. The molecular weight excluding hydrogens is 330 g/mol. The van der Waals surface area contributed by atoms with E-state index >= 15 is 0 Å². The number of rotatable bonds is 4. The second-order valence-corrected chi connectivity index (χ2v) is 6.37. The first-order valence-corrected chi connectivity index (χ1v) is 8.63. The maximum atomic E-state index is 12.5. The highest BCUT2D eigenvalue weighted by Crippen LogP contribution is 2.21. The van der Waals surface area contributed by atoms with Crippen LogP contribution in [0.25, 0.3) is 0 Å². The summed E-state index contributed by atoms with van der Waals surface area (Å²) in [5, 5.41) is 0. The molecule has 3 heterocycles. The predicted octanol–water partition coefficient (Wildman–Crippen LogP) is 2.01. The molecule has 6 heteroatoms. The average molecular weight is 349 g/mol. The highest BCUT2D eigenvalue weighted by molar-refractivity contribution is 5.76. The van der Waals surface area contributed by atoms with Crippen LogP contribution < -0.4 is 5.56 Å². The van der Waals surface area contributed by atoms with Crippen molar-refractivity contribution in [2.45, 2.75) is 25.9 Å². The fourth-order valence-electron chi connectivity index (χ4n) is 3.15. The van der Waals surface area contributed by atoms with E-state index in [-0.39, 0.29) is 18.0 Å². The maximum absolute atomic E-state index is 12.5. The number of benzene rings is 1. The minimum atomic E-state index is -0.176. The SMILES string of the molecule is O=C(Cn1ccccc1=O)N1CCc2oc(Cc3ccccc3)nc2C1. The molecule has 26 heavy (non-hydrogen) atoms. The van der Waals surface area contributed by atoms with Crippen molar-refractivity contribution in [3.8, 4) is 0 Å². The summed E-state index contributed by atoms with van der Waals surface area (Å²) in [6.45, 7) is 1.05. The van der Waals surface area contributed by atoms with E-state index in [1.807, 2.05) is 30.3 Å². The van der Waals surface area contributed by atoms with Crippen molar-refractivity contribution in [3.05, 3.63) is 88.0 Å². The van der Waals surface area contributed by atoms with E-state index in [0.717, 1.165) is 17.0 Å². The zero-order valence-electron chi connectivity index (χ0n) is 14.3. The van der Waals surface area contributed by atoms with Crippen LogP contribution in [0.15, 0.2) is 63.9 Å². The average Bonchev–Trinajstić information content (AvgIpc) is 3.05. The molecular formula is C20H19N3O3. The molecule has 2 aromatic heterocycles. The molecule has 0 spiro atoms. The third kappa shape index (κ3) is 3.44. The number of pyridine rings is 1. The van der Waals surface area contributed by atoms with Gasteiger partial charge >= 0.3 is 0 Å². The Labute approximate surface area is 150 Å². The van der Waals surface area contributed by atoms with E-state index in [1.54, 1.807) is 23.2 Å². The van der Waals surface area contributed by atoms with E-state index < -0.39 is 0 Å².